The summed E-state index contributed by atoms with van der Waals surface area (Å²) in [6, 6.07) is 0.952. The molecule has 2 N–H and O–H groups in total. The minimum Gasteiger partial charge on any atom is -0.395 e. The Hall–Kier alpha value is 0.270. The highest BCUT2D eigenvalue weighted by atomic mass is 32.2. The van der Waals surface area contributed by atoms with E-state index in [0.717, 1.165) is 0 Å². The average molecular weight is 219 g/mol. The molecule has 0 aromatic carbocycles. The van der Waals surface area contributed by atoms with Gasteiger partial charge in [0.1, 0.15) is 0 Å². The quantitative estimate of drug-likeness (QED) is 0.657. The van der Waals surface area contributed by atoms with E-state index in [9.17, 15) is 0 Å². The Kier molecular flexibility index (Phi) is 8.73. The first-order valence-corrected chi connectivity index (χ1v) is 6.84. The van der Waals surface area contributed by atoms with E-state index < -0.39 is 0 Å². The zero-order valence-electron chi connectivity index (χ0n) is 9.92. The first-order chi connectivity index (χ1) is 6.65. The Balaban J connectivity index is 3.73. The molecule has 2 nitrogen and oxygen atoms in total. The van der Waals surface area contributed by atoms with E-state index in [1.807, 2.05) is 0 Å². The summed E-state index contributed by atoms with van der Waals surface area (Å²) in [5, 5.41) is 13.0. The number of thioether (sulfide) groups is 1. The maximum Gasteiger partial charge on any atom is 0.0564 e. The normalized spacial score (nSPS) is 17.8. The molecule has 3 heteroatoms. The molecule has 0 aliphatic carbocycles. The van der Waals surface area contributed by atoms with Crippen molar-refractivity contribution in [2.75, 3.05) is 12.9 Å². The predicted molar refractivity (Wildman–Crippen MR) is 66.0 cm³/mol. The van der Waals surface area contributed by atoms with Crippen LogP contribution in [-0.4, -0.2) is 35.3 Å². The molecule has 0 aliphatic rings. The van der Waals surface area contributed by atoms with Crippen molar-refractivity contribution >= 4 is 11.8 Å². The van der Waals surface area contributed by atoms with Gasteiger partial charge in [-0.05, 0) is 26.5 Å². The van der Waals surface area contributed by atoms with E-state index in [2.05, 4.69) is 32.3 Å². The molecule has 0 saturated heterocycles. The fourth-order valence-electron chi connectivity index (χ4n) is 1.59. The molecule has 0 spiro atoms. The highest BCUT2D eigenvalue weighted by molar-refractivity contribution is 7.99. The minimum atomic E-state index is 0.260. The van der Waals surface area contributed by atoms with Crippen LogP contribution < -0.4 is 5.32 Å². The molecule has 0 bridgehead atoms. The lowest BCUT2D eigenvalue weighted by Crippen LogP contribution is -2.42. The molecule has 3 atom stereocenters. The number of aliphatic hydroxyl groups excluding tert-OH is 1. The summed E-state index contributed by atoms with van der Waals surface area (Å²) in [7, 11) is 0. The fraction of sp³-hybridized carbons (Fsp3) is 1.00. The molecule has 14 heavy (non-hydrogen) atoms. The van der Waals surface area contributed by atoms with Gasteiger partial charge < -0.3 is 10.4 Å². The number of hydrogen-bond donors (Lipinski definition) is 2. The SMILES string of the molecule is CCCCC(C)NC(C)C(CO)SC. The minimum absolute atomic E-state index is 0.260. The van der Waals surface area contributed by atoms with Crippen LogP contribution in [-0.2, 0) is 0 Å². The Morgan fingerprint density at radius 1 is 1.36 bits per heavy atom. The lowest BCUT2D eigenvalue weighted by molar-refractivity contribution is 0.270. The van der Waals surface area contributed by atoms with Gasteiger partial charge in [-0.1, -0.05) is 19.8 Å². The number of nitrogens with one attached hydrogen (secondary N) is 1. The summed E-state index contributed by atoms with van der Waals surface area (Å²) in [6.45, 7) is 6.85. The van der Waals surface area contributed by atoms with Crippen molar-refractivity contribution in [1.82, 2.24) is 5.32 Å². The van der Waals surface area contributed by atoms with Crippen molar-refractivity contribution in [3.8, 4) is 0 Å². The summed E-state index contributed by atoms with van der Waals surface area (Å²) >= 11 is 1.73. The van der Waals surface area contributed by atoms with Gasteiger partial charge in [-0.25, -0.2) is 0 Å². The fourth-order valence-corrected chi connectivity index (χ4v) is 2.22. The van der Waals surface area contributed by atoms with Gasteiger partial charge in [0.15, 0.2) is 0 Å². The molecule has 86 valence electrons. The molecule has 0 fully saturated rings. The first-order valence-electron chi connectivity index (χ1n) is 5.55. The van der Waals surface area contributed by atoms with Crippen LogP contribution in [0.5, 0.6) is 0 Å². The zero-order chi connectivity index (χ0) is 11.0. The summed E-state index contributed by atoms with van der Waals surface area (Å²) in [4.78, 5) is 0. The highest BCUT2D eigenvalue weighted by Gasteiger charge is 2.16. The van der Waals surface area contributed by atoms with E-state index in [-0.39, 0.29) is 6.61 Å². The van der Waals surface area contributed by atoms with Crippen molar-refractivity contribution < 1.29 is 5.11 Å². The molecular weight excluding hydrogens is 194 g/mol. The van der Waals surface area contributed by atoms with Gasteiger partial charge in [-0.2, -0.15) is 11.8 Å². The summed E-state index contributed by atoms with van der Waals surface area (Å²) in [5.74, 6) is 0. The first kappa shape index (κ1) is 14.3. The van der Waals surface area contributed by atoms with E-state index in [1.165, 1.54) is 19.3 Å². The molecule has 0 aromatic heterocycles. The third-order valence-electron chi connectivity index (χ3n) is 2.58. The number of unbranched alkanes of at least 4 members (excludes halogenated alkanes) is 1. The van der Waals surface area contributed by atoms with Crippen LogP contribution in [0.1, 0.15) is 40.0 Å². The topological polar surface area (TPSA) is 32.3 Å². The molecule has 3 unspecified atom stereocenters. The summed E-state index contributed by atoms with van der Waals surface area (Å²) in [6.07, 6.45) is 5.82. The smallest absolute Gasteiger partial charge is 0.0564 e. The van der Waals surface area contributed by atoms with Crippen molar-refractivity contribution in [3.05, 3.63) is 0 Å². The van der Waals surface area contributed by atoms with Gasteiger partial charge in [-0.3, -0.25) is 0 Å². The van der Waals surface area contributed by atoms with E-state index in [0.29, 0.717) is 17.3 Å². The van der Waals surface area contributed by atoms with Gasteiger partial charge in [0.25, 0.3) is 0 Å². The second-order valence-electron chi connectivity index (χ2n) is 3.96. The van der Waals surface area contributed by atoms with E-state index >= 15 is 0 Å². The molecule has 0 aliphatic heterocycles. The number of rotatable bonds is 8. The van der Waals surface area contributed by atoms with Crippen LogP contribution >= 0.6 is 11.8 Å². The number of aliphatic hydroxyl groups is 1. The van der Waals surface area contributed by atoms with Crippen molar-refractivity contribution in [2.45, 2.75) is 57.4 Å². The van der Waals surface area contributed by atoms with Crippen LogP contribution in [0.25, 0.3) is 0 Å². The zero-order valence-corrected chi connectivity index (χ0v) is 10.7. The Morgan fingerprint density at radius 2 is 2.00 bits per heavy atom. The lowest BCUT2D eigenvalue weighted by Gasteiger charge is -2.25. The lowest BCUT2D eigenvalue weighted by atomic mass is 10.1. The highest BCUT2D eigenvalue weighted by Crippen LogP contribution is 2.11. The molecular formula is C11H25NOS. The molecule has 0 amide bonds. The van der Waals surface area contributed by atoms with Crippen molar-refractivity contribution in [3.63, 3.8) is 0 Å². The van der Waals surface area contributed by atoms with E-state index in [1.54, 1.807) is 11.8 Å². The van der Waals surface area contributed by atoms with Gasteiger partial charge in [-0.15, -0.1) is 0 Å². The third-order valence-corrected chi connectivity index (χ3v) is 3.74. The maximum atomic E-state index is 9.12. The summed E-state index contributed by atoms with van der Waals surface area (Å²) in [5.41, 5.74) is 0. The molecule has 0 radical (unpaired) electrons. The van der Waals surface area contributed by atoms with Crippen LogP contribution in [0.3, 0.4) is 0 Å². The van der Waals surface area contributed by atoms with Crippen molar-refractivity contribution in [2.24, 2.45) is 0 Å². The second-order valence-corrected chi connectivity index (χ2v) is 5.03. The van der Waals surface area contributed by atoms with Gasteiger partial charge in [0.05, 0.1) is 6.61 Å². The van der Waals surface area contributed by atoms with Gasteiger partial charge >= 0.3 is 0 Å². The van der Waals surface area contributed by atoms with Crippen LogP contribution in [0, 0.1) is 0 Å². The predicted octanol–water partition coefficient (Wildman–Crippen LogP) is 2.27. The van der Waals surface area contributed by atoms with Gasteiger partial charge in [0.2, 0.25) is 0 Å². The maximum absolute atomic E-state index is 9.12. The van der Waals surface area contributed by atoms with E-state index in [4.69, 9.17) is 5.11 Å². The molecule has 0 aromatic rings. The monoisotopic (exact) mass is 219 g/mol. The van der Waals surface area contributed by atoms with Crippen LogP contribution in [0.15, 0.2) is 0 Å². The summed E-state index contributed by atoms with van der Waals surface area (Å²) < 4.78 is 0. The molecule has 0 saturated carbocycles. The Bertz CT molecular complexity index is 128. The Morgan fingerprint density at radius 3 is 2.43 bits per heavy atom. The molecule has 0 heterocycles. The average Bonchev–Trinajstić information content (AvgIpc) is 2.16. The number of hydrogen-bond acceptors (Lipinski definition) is 3. The molecule has 0 rings (SSSR count). The third kappa shape index (κ3) is 5.89. The second kappa shape index (κ2) is 8.57. The van der Waals surface area contributed by atoms with Crippen LogP contribution in [0.4, 0.5) is 0 Å². The largest absolute Gasteiger partial charge is 0.395 e. The van der Waals surface area contributed by atoms with Crippen LogP contribution in [0.2, 0.25) is 0 Å². The standard InChI is InChI=1S/C11H25NOS/c1-5-6-7-9(2)12-10(3)11(8-13)14-4/h9-13H,5-8H2,1-4H3. The van der Waals surface area contributed by atoms with Crippen molar-refractivity contribution in [1.29, 1.82) is 0 Å². The Labute approximate surface area is 92.9 Å². The van der Waals surface area contributed by atoms with Gasteiger partial charge in [0, 0.05) is 17.3 Å².